The van der Waals surface area contributed by atoms with Crippen LogP contribution in [0.15, 0.2) is 16.8 Å². The lowest BCUT2D eigenvalue weighted by Crippen LogP contribution is -2.39. The molecule has 2 saturated heterocycles. The molecule has 5 heteroatoms. The molecule has 3 rings (SSSR count). The van der Waals surface area contributed by atoms with Crippen LogP contribution in [-0.4, -0.2) is 43.2 Å². The summed E-state index contributed by atoms with van der Waals surface area (Å²) >= 11 is 1.73. The van der Waals surface area contributed by atoms with E-state index >= 15 is 0 Å². The summed E-state index contributed by atoms with van der Waals surface area (Å²) in [6, 6.07) is 2.60. The standard InChI is InChI=1S/C15H22N2O2S/c18-15(16-9-13-3-2-7-19-13)10-17-6-1-4-14(17)12-5-8-20-11-12/h5,8,11,13-14H,1-4,6-7,9-10H2,(H,16,18). The molecule has 0 aliphatic carbocycles. The van der Waals surface area contributed by atoms with Crippen LogP contribution in [0.4, 0.5) is 0 Å². The fourth-order valence-corrected chi connectivity index (χ4v) is 3.84. The Morgan fingerprint density at radius 2 is 2.40 bits per heavy atom. The first-order chi connectivity index (χ1) is 9.83. The summed E-state index contributed by atoms with van der Waals surface area (Å²) < 4.78 is 5.53. The molecule has 3 heterocycles. The van der Waals surface area contributed by atoms with Crippen molar-refractivity contribution in [1.82, 2.24) is 10.2 Å². The Hall–Kier alpha value is -0.910. The highest BCUT2D eigenvalue weighted by molar-refractivity contribution is 7.07. The van der Waals surface area contributed by atoms with Crippen molar-refractivity contribution in [1.29, 1.82) is 0 Å². The maximum absolute atomic E-state index is 12.1. The minimum Gasteiger partial charge on any atom is -0.376 e. The lowest BCUT2D eigenvalue weighted by molar-refractivity contribution is -0.123. The average molecular weight is 294 g/mol. The number of thiophene rings is 1. The zero-order valence-electron chi connectivity index (χ0n) is 11.7. The molecule has 2 atom stereocenters. The zero-order valence-corrected chi connectivity index (χ0v) is 12.5. The Balaban J connectivity index is 1.47. The number of nitrogens with zero attached hydrogens (tertiary/aromatic N) is 1. The summed E-state index contributed by atoms with van der Waals surface area (Å²) in [5.74, 6) is 0.127. The van der Waals surface area contributed by atoms with Crippen LogP contribution in [0.2, 0.25) is 0 Å². The van der Waals surface area contributed by atoms with Crippen LogP contribution < -0.4 is 5.32 Å². The van der Waals surface area contributed by atoms with Gasteiger partial charge in [0, 0.05) is 19.2 Å². The Morgan fingerprint density at radius 3 is 3.15 bits per heavy atom. The Labute approximate surface area is 124 Å². The number of carbonyl (C=O) groups is 1. The molecule has 1 amide bonds. The second-order valence-corrected chi connectivity index (χ2v) is 6.40. The van der Waals surface area contributed by atoms with Gasteiger partial charge in [0.05, 0.1) is 12.6 Å². The molecule has 110 valence electrons. The number of ether oxygens (including phenoxy) is 1. The average Bonchev–Trinajstić information content (AvgIpc) is 3.18. The Kier molecular flexibility index (Phi) is 4.70. The minimum atomic E-state index is 0.127. The maximum Gasteiger partial charge on any atom is 0.234 e. The number of amides is 1. The Bertz CT molecular complexity index is 429. The van der Waals surface area contributed by atoms with E-state index in [1.165, 1.54) is 12.0 Å². The smallest absolute Gasteiger partial charge is 0.234 e. The lowest BCUT2D eigenvalue weighted by atomic mass is 10.1. The molecule has 1 N–H and O–H groups in total. The van der Waals surface area contributed by atoms with Gasteiger partial charge in [-0.2, -0.15) is 11.3 Å². The van der Waals surface area contributed by atoms with Crippen LogP contribution in [0.1, 0.15) is 37.3 Å². The molecular weight excluding hydrogens is 272 g/mol. The van der Waals surface area contributed by atoms with Gasteiger partial charge in [0.25, 0.3) is 0 Å². The van der Waals surface area contributed by atoms with Gasteiger partial charge in [-0.3, -0.25) is 9.69 Å². The van der Waals surface area contributed by atoms with Gasteiger partial charge >= 0.3 is 0 Å². The van der Waals surface area contributed by atoms with E-state index in [4.69, 9.17) is 4.74 Å². The van der Waals surface area contributed by atoms with Gasteiger partial charge in [0.2, 0.25) is 5.91 Å². The van der Waals surface area contributed by atoms with Gasteiger partial charge in [0.15, 0.2) is 0 Å². The van der Waals surface area contributed by atoms with Gasteiger partial charge in [0.1, 0.15) is 0 Å². The third-order valence-corrected chi connectivity index (χ3v) is 4.89. The number of hydrogen-bond donors (Lipinski definition) is 1. The van der Waals surface area contributed by atoms with E-state index < -0.39 is 0 Å². The van der Waals surface area contributed by atoms with E-state index in [2.05, 4.69) is 27.0 Å². The van der Waals surface area contributed by atoms with Crippen LogP contribution in [0, 0.1) is 0 Å². The third kappa shape index (κ3) is 3.40. The molecule has 4 nitrogen and oxygen atoms in total. The van der Waals surface area contributed by atoms with Crippen LogP contribution in [0.5, 0.6) is 0 Å². The summed E-state index contributed by atoms with van der Waals surface area (Å²) in [7, 11) is 0. The first-order valence-electron chi connectivity index (χ1n) is 7.47. The van der Waals surface area contributed by atoms with Crippen molar-refractivity contribution in [3.63, 3.8) is 0 Å². The molecule has 0 aromatic carbocycles. The van der Waals surface area contributed by atoms with E-state index in [0.717, 1.165) is 32.4 Å². The zero-order chi connectivity index (χ0) is 13.8. The van der Waals surface area contributed by atoms with Crippen LogP contribution >= 0.6 is 11.3 Å². The number of hydrogen-bond acceptors (Lipinski definition) is 4. The van der Waals surface area contributed by atoms with E-state index in [1.807, 2.05) is 0 Å². The van der Waals surface area contributed by atoms with Crippen molar-refractivity contribution in [3.8, 4) is 0 Å². The highest BCUT2D eigenvalue weighted by Crippen LogP contribution is 2.32. The summed E-state index contributed by atoms with van der Waals surface area (Å²) in [5.41, 5.74) is 1.36. The molecule has 0 spiro atoms. The van der Waals surface area contributed by atoms with E-state index in [-0.39, 0.29) is 12.0 Å². The van der Waals surface area contributed by atoms with E-state index in [9.17, 15) is 4.79 Å². The predicted molar refractivity (Wildman–Crippen MR) is 79.9 cm³/mol. The minimum absolute atomic E-state index is 0.127. The van der Waals surface area contributed by atoms with Gasteiger partial charge in [-0.05, 0) is 54.6 Å². The van der Waals surface area contributed by atoms with Gasteiger partial charge in [-0.1, -0.05) is 0 Å². The van der Waals surface area contributed by atoms with Crippen molar-refractivity contribution < 1.29 is 9.53 Å². The highest BCUT2D eigenvalue weighted by Gasteiger charge is 2.28. The molecule has 2 aliphatic heterocycles. The second kappa shape index (κ2) is 6.70. The quantitative estimate of drug-likeness (QED) is 0.905. The highest BCUT2D eigenvalue weighted by atomic mass is 32.1. The third-order valence-electron chi connectivity index (χ3n) is 4.19. The van der Waals surface area contributed by atoms with Crippen molar-refractivity contribution in [2.75, 3.05) is 26.2 Å². The number of likely N-dealkylation sites (tertiary alicyclic amines) is 1. The molecule has 1 aromatic rings. The predicted octanol–water partition coefficient (Wildman–Crippen LogP) is 2.18. The van der Waals surface area contributed by atoms with E-state index in [0.29, 0.717) is 19.1 Å². The molecule has 1 aromatic heterocycles. The molecular formula is C15H22N2O2S. The fraction of sp³-hybridized carbons (Fsp3) is 0.667. The number of rotatable bonds is 5. The maximum atomic E-state index is 12.1. The van der Waals surface area contributed by atoms with Gasteiger partial charge < -0.3 is 10.1 Å². The molecule has 0 saturated carbocycles. The molecule has 0 radical (unpaired) electrons. The number of carbonyl (C=O) groups excluding carboxylic acids is 1. The molecule has 20 heavy (non-hydrogen) atoms. The SMILES string of the molecule is O=C(CN1CCCC1c1ccsc1)NCC1CCCO1. The number of nitrogens with one attached hydrogen (secondary N) is 1. The van der Waals surface area contributed by atoms with Gasteiger partial charge in [-0.25, -0.2) is 0 Å². The largest absolute Gasteiger partial charge is 0.376 e. The van der Waals surface area contributed by atoms with Crippen LogP contribution in [0.25, 0.3) is 0 Å². The summed E-state index contributed by atoms with van der Waals surface area (Å²) in [6.07, 6.45) is 4.76. The lowest BCUT2D eigenvalue weighted by Gasteiger charge is -2.23. The normalized spacial score (nSPS) is 27.0. The van der Waals surface area contributed by atoms with Gasteiger partial charge in [-0.15, -0.1) is 0 Å². The Morgan fingerprint density at radius 1 is 1.45 bits per heavy atom. The fourth-order valence-electron chi connectivity index (χ4n) is 3.13. The molecule has 2 aliphatic rings. The van der Waals surface area contributed by atoms with Crippen LogP contribution in [0.3, 0.4) is 0 Å². The summed E-state index contributed by atoms with van der Waals surface area (Å²) in [5, 5.41) is 7.33. The second-order valence-electron chi connectivity index (χ2n) is 5.62. The first-order valence-corrected chi connectivity index (χ1v) is 8.41. The van der Waals surface area contributed by atoms with Crippen molar-refractivity contribution in [2.45, 2.75) is 37.8 Å². The summed E-state index contributed by atoms with van der Waals surface area (Å²) in [4.78, 5) is 14.4. The summed E-state index contributed by atoms with van der Waals surface area (Å²) in [6.45, 7) is 3.03. The van der Waals surface area contributed by atoms with Crippen molar-refractivity contribution in [2.24, 2.45) is 0 Å². The van der Waals surface area contributed by atoms with Crippen molar-refractivity contribution >= 4 is 17.2 Å². The van der Waals surface area contributed by atoms with Crippen molar-refractivity contribution in [3.05, 3.63) is 22.4 Å². The van der Waals surface area contributed by atoms with E-state index in [1.54, 1.807) is 11.3 Å². The first kappa shape index (κ1) is 14.0. The van der Waals surface area contributed by atoms with Crippen LogP contribution in [-0.2, 0) is 9.53 Å². The molecule has 0 bridgehead atoms. The molecule has 2 fully saturated rings. The molecule has 2 unspecified atom stereocenters. The topological polar surface area (TPSA) is 41.6 Å². The monoisotopic (exact) mass is 294 g/mol.